The van der Waals surface area contributed by atoms with Crippen molar-refractivity contribution < 1.29 is 14.3 Å². The monoisotopic (exact) mass is 319 g/mol. The maximum atomic E-state index is 12.4. The average molecular weight is 319 g/mol. The standard InChI is InChI=1S/C17H25N3O3/c1-11(2)17(4,10-18)20-16(21)12(3)19-14-8-7-13(22-5)9-15(14)23-6/h7-9,11-12,19H,1-6H3,(H,20,21)/t12-,17-/m1/s1. The van der Waals surface area contributed by atoms with Crippen LogP contribution in [0.25, 0.3) is 0 Å². The molecule has 0 unspecified atom stereocenters. The Balaban J connectivity index is 2.86. The van der Waals surface area contributed by atoms with Crippen LogP contribution in [0.15, 0.2) is 18.2 Å². The summed E-state index contributed by atoms with van der Waals surface area (Å²) < 4.78 is 10.4. The molecule has 0 saturated carbocycles. The van der Waals surface area contributed by atoms with Crippen molar-refractivity contribution in [2.75, 3.05) is 19.5 Å². The van der Waals surface area contributed by atoms with Crippen LogP contribution in [0.5, 0.6) is 11.5 Å². The summed E-state index contributed by atoms with van der Waals surface area (Å²) in [5.41, 5.74) is -0.226. The van der Waals surface area contributed by atoms with Crippen LogP contribution in [0.4, 0.5) is 5.69 Å². The normalized spacial score (nSPS) is 14.3. The van der Waals surface area contributed by atoms with Gasteiger partial charge in [-0.15, -0.1) is 0 Å². The van der Waals surface area contributed by atoms with Gasteiger partial charge >= 0.3 is 0 Å². The first kappa shape index (κ1) is 18.6. The maximum Gasteiger partial charge on any atom is 0.243 e. The van der Waals surface area contributed by atoms with Gasteiger partial charge in [-0.1, -0.05) is 13.8 Å². The number of carbonyl (C=O) groups is 1. The number of rotatable bonds is 7. The van der Waals surface area contributed by atoms with E-state index in [1.807, 2.05) is 13.8 Å². The fourth-order valence-electron chi connectivity index (χ4n) is 1.88. The summed E-state index contributed by atoms with van der Waals surface area (Å²) in [5, 5.41) is 15.2. The number of amides is 1. The molecule has 23 heavy (non-hydrogen) atoms. The number of ether oxygens (including phenoxy) is 2. The van der Waals surface area contributed by atoms with E-state index < -0.39 is 11.6 Å². The summed E-state index contributed by atoms with van der Waals surface area (Å²) in [6.07, 6.45) is 0. The molecular formula is C17H25N3O3. The Morgan fingerprint density at radius 1 is 1.26 bits per heavy atom. The molecule has 0 bridgehead atoms. The Morgan fingerprint density at radius 3 is 2.39 bits per heavy atom. The molecule has 6 heteroatoms. The van der Waals surface area contributed by atoms with Gasteiger partial charge < -0.3 is 20.1 Å². The lowest BCUT2D eigenvalue weighted by atomic mass is 9.90. The Labute approximate surface area is 137 Å². The SMILES string of the molecule is COc1ccc(N[C@H](C)C(=O)N[C@](C)(C#N)C(C)C)c(OC)c1. The fourth-order valence-corrected chi connectivity index (χ4v) is 1.88. The first-order valence-electron chi connectivity index (χ1n) is 7.49. The van der Waals surface area contributed by atoms with Gasteiger partial charge in [0.05, 0.1) is 26.0 Å². The van der Waals surface area contributed by atoms with Gasteiger partial charge in [-0.3, -0.25) is 4.79 Å². The molecule has 1 amide bonds. The molecule has 0 aliphatic rings. The molecule has 126 valence electrons. The molecule has 2 N–H and O–H groups in total. The zero-order chi connectivity index (χ0) is 17.6. The Kier molecular flexibility index (Phi) is 6.26. The first-order valence-corrected chi connectivity index (χ1v) is 7.49. The van der Waals surface area contributed by atoms with Gasteiger partial charge in [-0.2, -0.15) is 5.26 Å². The van der Waals surface area contributed by atoms with Gasteiger partial charge in [0.2, 0.25) is 5.91 Å². The average Bonchev–Trinajstić information content (AvgIpc) is 2.54. The molecule has 1 rings (SSSR count). The van der Waals surface area contributed by atoms with Crippen molar-refractivity contribution in [2.45, 2.75) is 39.3 Å². The summed E-state index contributed by atoms with van der Waals surface area (Å²) >= 11 is 0. The third-order valence-corrected chi connectivity index (χ3v) is 3.94. The second-order valence-electron chi connectivity index (χ2n) is 5.89. The van der Waals surface area contributed by atoms with Crippen LogP contribution in [-0.2, 0) is 4.79 Å². The van der Waals surface area contributed by atoms with Gasteiger partial charge in [0.1, 0.15) is 23.1 Å². The predicted molar refractivity (Wildman–Crippen MR) is 89.6 cm³/mol. The van der Waals surface area contributed by atoms with E-state index in [0.29, 0.717) is 17.2 Å². The quantitative estimate of drug-likeness (QED) is 0.807. The molecule has 6 nitrogen and oxygen atoms in total. The number of methoxy groups -OCH3 is 2. The van der Waals surface area contributed by atoms with Gasteiger partial charge in [0, 0.05) is 6.07 Å². The highest BCUT2D eigenvalue weighted by Gasteiger charge is 2.31. The van der Waals surface area contributed by atoms with E-state index in [1.54, 1.807) is 46.3 Å². The van der Waals surface area contributed by atoms with Crippen molar-refractivity contribution in [2.24, 2.45) is 5.92 Å². The van der Waals surface area contributed by atoms with Gasteiger partial charge in [-0.25, -0.2) is 0 Å². The van der Waals surface area contributed by atoms with E-state index in [9.17, 15) is 10.1 Å². The third kappa shape index (κ3) is 4.52. The molecule has 0 fully saturated rings. The lowest BCUT2D eigenvalue weighted by Crippen LogP contribution is -2.52. The number of nitrogens with one attached hydrogen (secondary N) is 2. The summed E-state index contributed by atoms with van der Waals surface area (Å²) in [4.78, 5) is 12.4. The van der Waals surface area contributed by atoms with Gasteiger partial charge in [0.15, 0.2) is 0 Å². The second kappa shape index (κ2) is 7.73. The molecule has 0 spiro atoms. The van der Waals surface area contributed by atoms with Crippen molar-refractivity contribution >= 4 is 11.6 Å². The van der Waals surface area contributed by atoms with E-state index in [2.05, 4.69) is 16.7 Å². The van der Waals surface area contributed by atoms with E-state index in [-0.39, 0.29) is 11.8 Å². The molecule has 1 aromatic carbocycles. The Morgan fingerprint density at radius 2 is 1.91 bits per heavy atom. The molecular weight excluding hydrogens is 294 g/mol. The molecule has 1 aromatic rings. The van der Waals surface area contributed by atoms with E-state index >= 15 is 0 Å². The van der Waals surface area contributed by atoms with Crippen LogP contribution in [0.1, 0.15) is 27.7 Å². The summed E-state index contributed by atoms with van der Waals surface area (Å²) in [6.45, 7) is 7.25. The van der Waals surface area contributed by atoms with Crippen molar-refractivity contribution in [1.29, 1.82) is 5.26 Å². The number of benzene rings is 1. The number of hydrogen-bond donors (Lipinski definition) is 2. The highest BCUT2D eigenvalue weighted by molar-refractivity contribution is 5.85. The number of carbonyl (C=O) groups excluding carboxylic acids is 1. The van der Waals surface area contributed by atoms with E-state index in [4.69, 9.17) is 9.47 Å². The molecule has 0 radical (unpaired) electrons. The van der Waals surface area contributed by atoms with Crippen LogP contribution in [0, 0.1) is 17.2 Å². The lowest BCUT2D eigenvalue weighted by molar-refractivity contribution is -0.123. The molecule has 0 aliphatic carbocycles. The number of nitrogens with zero attached hydrogens (tertiary/aromatic N) is 1. The van der Waals surface area contributed by atoms with Crippen LogP contribution in [0.2, 0.25) is 0 Å². The highest BCUT2D eigenvalue weighted by atomic mass is 16.5. The van der Waals surface area contributed by atoms with Crippen molar-refractivity contribution in [3.8, 4) is 17.6 Å². The summed E-state index contributed by atoms with van der Waals surface area (Å²) in [7, 11) is 3.13. The number of hydrogen-bond acceptors (Lipinski definition) is 5. The largest absolute Gasteiger partial charge is 0.497 e. The van der Waals surface area contributed by atoms with Crippen molar-refractivity contribution in [3.05, 3.63) is 18.2 Å². The predicted octanol–water partition coefficient (Wildman–Crippen LogP) is 2.56. The van der Waals surface area contributed by atoms with E-state index in [1.165, 1.54) is 0 Å². The summed E-state index contributed by atoms with van der Waals surface area (Å²) in [5.74, 6) is 0.997. The number of nitriles is 1. The van der Waals surface area contributed by atoms with Crippen LogP contribution >= 0.6 is 0 Å². The first-order chi connectivity index (χ1) is 10.8. The minimum atomic E-state index is -0.906. The van der Waals surface area contributed by atoms with Gasteiger partial charge in [0.25, 0.3) is 0 Å². The second-order valence-corrected chi connectivity index (χ2v) is 5.89. The minimum Gasteiger partial charge on any atom is -0.497 e. The minimum absolute atomic E-state index is 0.000766. The zero-order valence-corrected chi connectivity index (χ0v) is 14.6. The van der Waals surface area contributed by atoms with Crippen LogP contribution < -0.4 is 20.1 Å². The smallest absolute Gasteiger partial charge is 0.243 e. The van der Waals surface area contributed by atoms with E-state index in [0.717, 1.165) is 0 Å². The van der Waals surface area contributed by atoms with Crippen LogP contribution in [-0.4, -0.2) is 31.7 Å². The topological polar surface area (TPSA) is 83.4 Å². The van der Waals surface area contributed by atoms with Crippen molar-refractivity contribution in [1.82, 2.24) is 5.32 Å². The molecule has 0 heterocycles. The molecule has 0 saturated heterocycles. The molecule has 0 aromatic heterocycles. The maximum absolute atomic E-state index is 12.4. The Bertz CT molecular complexity index is 595. The number of anilines is 1. The van der Waals surface area contributed by atoms with Gasteiger partial charge in [-0.05, 0) is 31.9 Å². The highest BCUT2D eigenvalue weighted by Crippen LogP contribution is 2.29. The zero-order valence-electron chi connectivity index (χ0n) is 14.6. The summed E-state index contributed by atoms with van der Waals surface area (Å²) in [6, 6.07) is 6.94. The third-order valence-electron chi connectivity index (χ3n) is 3.94. The fraction of sp³-hybridized carbons (Fsp3) is 0.529. The van der Waals surface area contributed by atoms with Crippen LogP contribution in [0.3, 0.4) is 0 Å². The molecule has 0 aliphatic heterocycles. The molecule has 2 atom stereocenters. The van der Waals surface area contributed by atoms with Crippen molar-refractivity contribution in [3.63, 3.8) is 0 Å². The Hall–Kier alpha value is -2.42. The lowest BCUT2D eigenvalue weighted by Gasteiger charge is -2.29.